The van der Waals surface area contributed by atoms with Crippen LogP contribution in [0.5, 0.6) is 5.75 Å². The summed E-state index contributed by atoms with van der Waals surface area (Å²) in [4.78, 5) is 16.9. The molecule has 4 rings (SSSR count). The molecule has 1 unspecified atom stereocenters. The Bertz CT molecular complexity index is 836. The maximum absolute atomic E-state index is 12.6. The van der Waals surface area contributed by atoms with Crippen LogP contribution in [0.2, 0.25) is 0 Å². The van der Waals surface area contributed by atoms with Crippen LogP contribution in [0, 0.1) is 5.92 Å². The summed E-state index contributed by atoms with van der Waals surface area (Å²) in [6, 6.07) is 7.78. The Morgan fingerprint density at radius 2 is 2.08 bits per heavy atom. The van der Waals surface area contributed by atoms with Crippen LogP contribution in [0.25, 0.3) is 0 Å². The van der Waals surface area contributed by atoms with E-state index in [-0.39, 0.29) is 11.8 Å². The Hall–Kier alpha value is -2.63. The van der Waals surface area contributed by atoms with Crippen LogP contribution in [0.4, 0.5) is 5.95 Å². The van der Waals surface area contributed by atoms with Gasteiger partial charge in [0.25, 0.3) is 0 Å². The predicted octanol–water partition coefficient (Wildman–Crippen LogP) is 3.73. The standard InChI is InChI=1S/C20H24N4O2/c1-13(2)10-11-26-15-8-6-14(7-9-15)19-18-16(4-3-5-17(18)25)23-20-21-12-22-24(19)20/h6-9,12-13,19H,3-5,10-11H2,1-2H3,(H,21,22,23). The molecule has 1 atom stereocenters. The van der Waals surface area contributed by atoms with Gasteiger partial charge in [-0.3, -0.25) is 4.79 Å². The summed E-state index contributed by atoms with van der Waals surface area (Å²) in [6.45, 7) is 5.09. The second-order valence-electron chi connectivity index (χ2n) is 7.32. The zero-order valence-electron chi connectivity index (χ0n) is 15.2. The number of ketones is 1. The predicted molar refractivity (Wildman–Crippen MR) is 99.1 cm³/mol. The number of rotatable bonds is 5. The first kappa shape index (κ1) is 16.8. The highest BCUT2D eigenvalue weighted by Crippen LogP contribution is 2.39. The Morgan fingerprint density at radius 1 is 1.27 bits per heavy atom. The number of nitrogens with zero attached hydrogens (tertiary/aromatic N) is 3. The van der Waals surface area contributed by atoms with Crippen molar-refractivity contribution in [3.8, 4) is 5.75 Å². The number of carbonyl (C=O) groups is 1. The molecule has 0 radical (unpaired) electrons. The molecule has 1 aliphatic carbocycles. The van der Waals surface area contributed by atoms with E-state index in [2.05, 4.69) is 29.2 Å². The molecule has 1 aromatic heterocycles. The number of carbonyl (C=O) groups excluding carboxylic acids is 1. The zero-order valence-corrected chi connectivity index (χ0v) is 15.2. The van der Waals surface area contributed by atoms with E-state index in [9.17, 15) is 4.79 Å². The molecule has 1 N–H and O–H groups in total. The topological polar surface area (TPSA) is 69.0 Å². The average Bonchev–Trinajstić information content (AvgIpc) is 3.09. The molecule has 0 saturated carbocycles. The lowest BCUT2D eigenvalue weighted by molar-refractivity contribution is -0.116. The number of benzene rings is 1. The first-order chi connectivity index (χ1) is 12.6. The number of hydrogen-bond acceptors (Lipinski definition) is 5. The number of ether oxygens (including phenoxy) is 1. The normalized spacial score (nSPS) is 19.2. The summed E-state index contributed by atoms with van der Waals surface area (Å²) in [5, 5.41) is 7.64. The van der Waals surface area contributed by atoms with Crippen LogP contribution in [-0.2, 0) is 4.79 Å². The molecule has 2 aliphatic rings. The fourth-order valence-corrected chi connectivity index (χ4v) is 3.56. The zero-order chi connectivity index (χ0) is 18.1. The molecule has 2 heterocycles. The number of allylic oxidation sites excluding steroid dienone is 2. The molecule has 26 heavy (non-hydrogen) atoms. The minimum absolute atomic E-state index is 0.196. The van der Waals surface area contributed by atoms with Crippen molar-refractivity contribution in [2.75, 3.05) is 11.9 Å². The lowest BCUT2D eigenvalue weighted by Gasteiger charge is -2.32. The van der Waals surface area contributed by atoms with Crippen molar-refractivity contribution in [3.05, 3.63) is 47.4 Å². The van der Waals surface area contributed by atoms with Crippen molar-refractivity contribution in [3.63, 3.8) is 0 Å². The SMILES string of the molecule is CC(C)CCOc1ccc(C2C3=C(CCCC3=O)Nc3ncnn32)cc1. The molecular weight excluding hydrogens is 328 g/mol. The maximum Gasteiger partial charge on any atom is 0.226 e. The highest BCUT2D eigenvalue weighted by atomic mass is 16.5. The summed E-state index contributed by atoms with van der Waals surface area (Å²) >= 11 is 0. The van der Waals surface area contributed by atoms with Crippen LogP contribution in [-0.4, -0.2) is 27.2 Å². The second kappa shape index (κ2) is 6.94. The number of fused-ring (bicyclic) bond motifs is 1. The van der Waals surface area contributed by atoms with Crippen LogP contribution < -0.4 is 10.1 Å². The molecule has 0 spiro atoms. The van der Waals surface area contributed by atoms with E-state index in [1.54, 1.807) is 4.68 Å². The molecule has 0 amide bonds. The van der Waals surface area contributed by atoms with Crippen LogP contribution in [0.1, 0.15) is 51.1 Å². The third kappa shape index (κ3) is 3.11. The van der Waals surface area contributed by atoms with Crippen molar-refractivity contribution < 1.29 is 9.53 Å². The van der Waals surface area contributed by atoms with Gasteiger partial charge in [-0.25, -0.2) is 4.68 Å². The minimum Gasteiger partial charge on any atom is -0.494 e. The van der Waals surface area contributed by atoms with Gasteiger partial charge in [0.1, 0.15) is 18.1 Å². The van der Waals surface area contributed by atoms with Crippen LogP contribution >= 0.6 is 0 Å². The molecule has 0 saturated heterocycles. The molecule has 1 aromatic carbocycles. The van der Waals surface area contributed by atoms with Crippen molar-refractivity contribution in [1.29, 1.82) is 0 Å². The fraction of sp³-hybridized carbons (Fsp3) is 0.450. The highest BCUT2D eigenvalue weighted by molar-refractivity contribution is 5.99. The van der Waals surface area contributed by atoms with Crippen LogP contribution in [0.3, 0.4) is 0 Å². The summed E-state index contributed by atoms with van der Waals surface area (Å²) in [7, 11) is 0. The molecular formula is C20H24N4O2. The number of Topliss-reactive ketones (excluding diaryl/α,β-unsaturated/α-hetero) is 1. The van der Waals surface area contributed by atoms with E-state index in [0.717, 1.165) is 41.8 Å². The minimum atomic E-state index is -0.221. The van der Waals surface area contributed by atoms with Crippen molar-refractivity contribution >= 4 is 11.7 Å². The van der Waals surface area contributed by atoms with E-state index < -0.39 is 0 Å². The summed E-state index contributed by atoms with van der Waals surface area (Å²) < 4.78 is 7.62. The Kier molecular flexibility index (Phi) is 4.49. The summed E-state index contributed by atoms with van der Waals surface area (Å²) in [5.74, 6) is 2.37. The van der Waals surface area contributed by atoms with Crippen molar-refractivity contribution in [2.24, 2.45) is 5.92 Å². The van der Waals surface area contributed by atoms with Crippen LogP contribution in [0.15, 0.2) is 41.9 Å². The molecule has 6 heteroatoms. The number of aromatic nitrogens is 3. The third-order valence-electron chi connectivity index (χ3n) is 4.97. The van der Waals surface area contributed by atoms with E-state index in [1.807, 2.05) is 24.3 Å². The molecule has 0 bridgehead atoms. The van der Waals surface area contributed by atoms with E-state index >= 15 is 0 Å². The second-order valence-corrected chi connectivity index (χ2v) is 7.32. The summed E-state index contributed by atoms with van der Waals surface area (Å²) in [5.41, 5.74) is 2.84. The smallest absolute Gasteiger partial charge is 0.226 e. The first-order valence-corrected chi connectivity index (χ1v) is 9.29. The van der Waals surface area contributed by atoms with Gasteiger partial charge < -0.3 is 10.1 Å². The maximum atomic E-state index is 12.6. The first-order valence-electron chi connectivity index (χ1n) is 9.29. The highest BCUT2D eigenvalue weighted by Gasteiger charge is 2.35. The largest absolute Gasteiger partial charge is 0.494 e. The van der Waals surface area contributed by atoms with Gasteiger partial charge in [0, 0.05) is 17.7 Å². The van der Waals surface area contributed by atoms with Gasteiger partial charge in [-0.05, 0) is 42.9 Å². The van der Waals surface area contributed by atoms with Crippen molar-refractivity contribution in [1.82, 2.24) is 14.8 Å². The van der Waals surface area contributed by atoms with Gasteiger partial charge in [-0.2, -0.15) is 10.1 Å². The third-order valence-corrected chi connectivity index (χ3v) is 4.97. The van der Waals surface area contributed by atoms with Gasteiger partial charge in [0.15, 0.2) is 5.78 Å². The van der Waals surface area contributed by atoms with E-state index in [4.69, 9.17) is 4.74 Å². The number of hydrogen-bond donors (Lipinski definition) is 1. The molecule has 6 nitrogen and oxygen atoms in total. The number of nitrogens with one attached hydrogen (secondary N) is 1. The molecule has 2 aromatic rings. The van der Waals surface area contributed by atoms with E-state index in [0.29, 0.717) is 24.9 Å². The summed E-state index contributed by atoms with van der Waals surface area (Å²) in [6.07, 6.45) is 4.91. The van der Waals surface area contributed by atoms with Gasteiger partial charge in [0.2, 0.25) is 5.95 Å². The Labute approximate surface area is 153 Å². The average molecular weight is 352 g/mol. The van der Waals surface area contributed by atoms with Crippen molar-refractivity contribution in [2.45, 2.75) is 45.6 Å². The quantitative estimate of drug-likeness (QED) is 0.888. The van der Waals surface area contributed by atoms with Gasteiger partial charge in [-0.15, -0.1) is 0 Å². The molecule has 0 fully saturated rings. The Balaban J connectivity index is 1.63. The fourth-order valence-electron chi connectivity index (χ4n) is 3.56. The number of anilines is 1. The van der Waals surface area contributed by atoms with Gasteiger partial charge in [0.05, 0.1) is 6.61 Å². The van der Waals surface area contributed by atoms with E-state index in [1.165, 1.54) is 6.33 Å². The lowest BCUT2D eigenvalue weighted by Crippen LogP contribution is -2.31. The van der Waals surface area contributed by atoms with Gasteiger partial charge in [-0.1, -0.05) is 26.0 Å². The lowest BCUT2D eigenvalue weighted by atomic mass is 9.85. The molecule has 136 valence electrons. The molecule has 1 aliphatic heterocycles. The Morgan fingerprint density at radius 3 is 2.85 bits per heavy atom. The monoisotopic (exact) mass is 352 g/mol. The van der Waals surface area contributed by atoms with Gasteiger partial charge >= 0.3 is 0 Å².